The maximum atomic E-state index is 10.4. The highest BCUT2D eigenvalue weighted by Gasteiger charge is 2.21. The molecule has 0 saturated carbocycles. The summed E-state index contributed by atoms with van der Waals surface area (Å²) in [4.78, 5) is 52.2. The largest absolute Gasteiger partial charge is 0.481 e. The molecule has 0 aromatic carbocycles. The molecular formula is C7H13O10P. The van der Waals surface area contributed by atoms with Crippen LogP contribution in [0, 0.1) is 5.92 Å². The zero-order valence-electron chi connectivity index (χ0n) is 8.96. The molecule has 0 rings (SSSR count). The summed E-state index contributed by atoms with van der Waals surface area (Å²) >= 11 is 0. The van der Waals surface area contributed by atoms with Crippen molar-refractivity contribution in [1.82, 2.24) is 0 Å². The van der Waals surface area contributed by atoms with Crippen LogP contribution in [-0.4, -0.2) is 47.9 Å². The lowest BCUT2D eigenvalue weighted by Gasteiger charge is -2.06. The summed E-state index contributed by atoms with van der Waals surface area (Å²) in [6, 6.07) is 0. The van der Waals surface area contributed by atoms with Crippen LogP contribution in [0.3, 0.4) is 0 Å². The maximum Gasteiger partial charge on any atom is 0.466 e. The van der Waals surface area contributed by atoms with Gasteiger partial charge in [0.25, 0.3) is 0 Å². The van der Waals surface area contributed by atoms with Crippen LogP contribution in [0.25, 0.3) is 0 Å². The standard InChI is InChI=1S/C7H10O6.H3O4P/c8-5(9)2-1-4(7(12)13)3-6(10)11;1-5(2,3)4/h4H,1-3H2,(H,8,9)(H,10,11)(H,12,13);(H3,1,2,3,4). The number of hydrogen-bond acceptors (Lipinski definition) is 4. The van der Waals surface area contributed by atoms with E-state index >= 15 is 0 Å². The molecule has 6 N–H and O–H groups in total. The molecule has 0 amide bonds. The fraction of sp³-hybridized carbons (Fsp3) is 0.571. The topological polar surface area (TPSA) is 190 Å². The van der Waals surface area contributed by atoms with Crippen molar-refractivity contribution in [3.63, 3.8) is 0 Å². The molecule has 1 atom stereocenters. The van der Waals surface area contributed by atoms with Crippen molar-refractivity contribution < 1.29 is 48.9 Å². The molecule has 0 spiro atoms. The molecule has 0 heterocycles. The Morgan fingerprint density at radius 2 is 1.33 bits per heavy atom. The Morgan fingerprint density at radius 1 is 0.944 bits per heavy atom. The number of carboxylic acids is 3. The molecule has 1 unspecified atom stereocenters. The number of rotatable bonds is 6. The van der Waals surface area contributed by atoms with Crippen molar-refractivity contribution in [1.29, 1.82) is 0 Å². The van der Waals surface area contributed by atoms with Gasteiger partial charge >= 0.3 is 25.7 Å². The van der Waals surface area contributed by atoms with E-state index < -0.39 is 38.1 Å². The van der Waals surface area contributed by atoms with Crippen LogP contribution < -0.4 is 0 Å². The van der Waals surface area contributed by atoms with E-state index in [0.717, 1.165) is 0 Å². The van der Waals surface area contributed by atoms with E-state index in [1.54, 1.807) is 0 Å². The van der Waals surface area contributed by atoms with Crippen molar-refractivity contribution in [2.45, 2.75) is 19.3 Å². The molecular weight excluding hydrogens is 275 g/mol. The fourth-order valence-electron chi connectivity index (χ4n) is 0.821. The van der Waals surface area contributed by atoms with E-state index in [1.165, 1.54) is 0 Å². The second-order valence-electron chi connectivity index (χ2n) is 3.08. The third-order valence-corrected chi connectivity index (χ3v) is 1.48. The average molecular weight is 288 g/mol. The van der Waals surface area contributed by atoms with Gasteiger partial charge in [0.1, 0.15) is 0 Å². The molecule has 18 heavy (non-hydrogen) atoms. The third kappa shape index (κ3) is 20.0. The van der Waals surface area contributed by atoms with Gasteiger partial charge in [-0.25, -0.2) is 4.57 Å². The summed E-state index contributed by atoms with van der Waals surface area (Å²) in [5.74, 6) is -4.76. The van der Waals surface area contributed by atoms with Crippen LogP contribution in [0.15, 0.2) is 0 Å². The summed E-state index contributed by atoms with van der Waals surface area (Å²) in [7, 11) is -4.64. The van der Waals surface area contributed by atoms with Crippen molar-refractivity contribution in [2.24, 2.45) is 5.92 Å². The van der Waals surface area contributed by atoms with Crippen LogP contribution in [0.2, 0.25) is 0 Å². The van der Waals surface area contributed by atoms with E-state index in [1.807, 2.05) is 0 Å². The van der Waals surface area contributed by atoms with Crippen LogP contribution in [-0.2, 0) is 18.9 Å². The average Bonchev–Trinajstić information content (AvgIpc) is 2.07. The highest BCUT2D eigenvalue weighted by Crippen LogP contribution is 2.25. The van der Waals surface area contributed by atoms with Gasteiger partial charge < -0.3 is 30.0 Å². The number of hydrogen-bond donors (Lipinski definition) is 6. The van der Waals surface area contributed by atoms with Crippen LogP contribution in [0.1, 0.15) is 19.3 Å². The lowest BCUT2D eigenvalue weighted by molar-refractivity contribution is -0.149. The van der Waals surface area contributed by atoms with Crippen molar-refractivity contribution in [2.75, 3.05) is 0 Å². The van der Waals surface area contributed by atoms with E-state index in [0.29, 0.717) is 0 Å². The van der Waals surface area contributed by atoms with Gasteiger partial charge in [0, 0.05) is 6.42 Å². The zero-order chi connectivity index (χ0) is 14.9. The Labute approximate surface area is 101 Å². The number of phosphoric acid groups is 1. The molecule has 0 aromatic rings. The summed E-state index contributed by atoms with van der Waals surface area (Å²) in [6.07, 6.45) is -1.02. The summed E-state index contributed by atoms with van der Waals surface area (Å²) in [5, 5.41) is 25.0. The normalized spacial score (nSPS) is 11.9. The first-order valence-electron chi connectivity index (χ1n) is 4.38. The third-order valence-electron chi connectivity index (χ3n) is 1.48. The predicted octanol–water partition coefficient (Wildman–Crippen LogP) is -0.902. The Balaban J connectivity index is 0. The second-order valence-corrected chi connectivity index (χ2v) is 4.11. The van der Waals surface area contributed by atoms with Crippen molar-refractivity contribution >= 4 is 25.7 Å². The maximum absolute atomic E-state index is 10.4. The SMILES string of the molecule is O=C(O)CCC(CC(=O)O)C(=O)O.O=P(O)(O)O. The fourth-order valence-corrected chi connectivity index (χ4v) is 0.821. The molecule has 11 heteroatoms. The number of aliphatic carboxylic acids is 3. The van der Waals surface area contributed by atoms with Crippen LogP contribution in [0.5, 0.6) is 0 Å². The van der Waals surface area contributed by atoms with Gasteiger partial charge in [0.05, 0.1) is 12.3 Å². The minimum atomic E-state index is -4.64. The molecule has 10 nitrogen and oxygen atoms in total. The van der Waals surface area contributed by atoms with E-state index in [9.17, 15) is 14.4 Å². The van der Waals surface area contributed by atoms with Gasteiger partial charge in [0.15, 0.2) is 0 Å². The van der Waals surface area contributed by atoms with Gasteiger partial charge in [-0.1, -0.05) is 0 Å². The molecule has 0 fully saturated rings. The van der Waals surface area contributed by atoms with Gasteiger partial charge in [-0.2, -0.15) is 0 Å². The summed E-state index contributed by atoms with van der Waals surface area (Å²) < 4.78 is 8.88. The molecule has 0 radical (unpaired) electrons. The minimum absolute atomic E-state index is 0.156. The molecule has 0 aliphatic carbocycles. The van der Waals surface area contributed by atoms with E-state index in [2.05, 4.69) is 0 Å². The quantitative estimate of drug-likeness (QED) is 0.334. The smallest absolute Gasteiger partial charge is 0.466 e. The summed E-state index contributed by atoms with van der Waals surface area (Å²) in [6.45, 7) is 0. The van der Waals surface area contributed by atoms with Gasteiger partial charge in [-0.15, -0.1) is 0 Å². The Bertz CT molecular complexity index is 336. The van der Waals surface area contributed by atoms with Crippen LogP contribution in [0.4, 0.5) is 0 Å². The van der Waals surface area contributed by atoms with Crippen molar-refractivity contribution in [3.8, 4) is 0 Å². The highest BCUT2D eigenvalue weighted by atomic mass is 31.2. The van der Waals surface area contributed by atoms with Crippen molar-refractivity contribution in [3.05, 3.63) is 0 Å². The molecule has 0 aliphatic heterocycles. The van der Waals surface area contributed by atoms with Gasteiger partial charge in [-0.3, -0.25) is 14.4 Å². The van der Waals surface area contributed by atoms with E-state index in [-0.39, 0.29) is 12.8 Å². The molecule has 0 bridgehead atoms. The monoisotopic (exact) mass is 288 g/mol. The minimum Gasteiger partial charge on any atom is -0.481 e. The molecule has 0 saturated heterocycles. The Morgan fingerprint density at radius 3 is 1.56 bits per heavy atom. The Hall–Kier alpha value is -1.48. The first kappa shape index (κ1) is 18.9. The number of carbonyl (C=O) groups is 3. The van der Waals surface area contributed by atoms with Crippen LogP contribution >= 0.6 is 7.82 Å². The Kier molecular flexibility index (Phi) is 9.00. The zero-order valence-corrected chi connectivity index (χ0v) is 9.86. The molecule has 0 aliphatic rings. The molecule has 106 valence electrons. The van der Waals surface area contributed by atoms with E-state index in [4.69, 9.17) is 34.6 Å². The summed E-state index contributed by atoms with van der Waals surface area (Å²) in [5.41, 5.74) is 0. The first-order valence-corrected chi connectivity index (χ1v) is 5.94. The first-order chi connectivity index (χ1) is 7.93. The lowest BCUT2D eigenvalue weighted by Crippen LogP contribution is -2.18. The number of carboxylic acid groups (broad SMARTS) is 3. The van der Waals surface area contributed by atoms with Gasteiger partial charge in [-0.05, 0) is 6.42 Å². The highest BCUT2D eigenvalue weighted by molar-refractivity contribution is 7.45. The van der Waals surface area contributed by atoms with Gasteiger partial charge in [0.2, 0.25) is 0 Å². The second kappa shape index (κ2) is 8.59. The predicted molar refractivity (Wildman–Crippen MR) is 54.5 cm³/mol. The lowest BCUT2D eigenvalue weighted by atomic mass is 10.00. The molecule has 0 aromatic heterocycles.